The van der Waals surface area contributed by atoms with Crippen molar-refractivity contribution < 1.29 is 72.2 Å². The third-order valence-corrected chi connectivity index (χ3v) is 15.2. The standard InChI is InChI=1S/C54H64N2O15.ClH/c1-9-56(10-2)27-26-40(60)69-44(42(34-20-14-11-15-21-34)55-48(62)35-22-16-12-17-23-35)50(64)68-37-29-54(65)47(70-49(63)36-24-18-13-19-25-36)45-52(8,38(59)28-39-53(45,30-66-39)71-33(5)58)46(61)43(67-32(4)57)41(31(37)3)51(54,6)7;/h11-25,37-39,42-45,47,59,65H,9-10,26-30H2,1-8H3,(H,55,62);1H/t37-,38-,39?,42?,43+,44?,45?,47?,52+,53?,54+;/m0./s1. The molecular formula is C54H65ClN2O15. The van der Waals surface area contributed by atoms with Crippen molar-refractivity contribution >= 4 is 53.9 Å². The van der Waals surface area contributed by atoms with Crippen LogP contribution in [0.15, 0.2) is 102 Å². The summed E-state index contributed by atoms with van der Waals surface area (Å²) in [5.74, 6) is -7.65. The number of nitrogens with one attached hydrogen (secondary N) is 1. The summed E-state index contributed by atoms with van der Waals surface area (Å²) in [5, 5.41) is 29.0. The van der Waals surface area contributed by atoms with Crippen LogP contribution in [0.4, 0.5) is 0 Å². The van der Waals surface area contributed by atoms with Gasteiger partial charge >= 0.3 is 29.8 Å². The summed E-state index contributed by atoms with van der Waals surface area (Å²) in [6.07, 6.45) is -10.7. The molecule has 0 spiro atoms. The number of hydrogen-bond donors (Lipinski definition) is 3. The Morgan fingerprint density at radius 3 is 1.96 bits per heavy atom. The summed E-state index contributed by atoms with van der Waals surface area (Å²) >= 11 is 0. The number of fused-ring (bicyclic) bond motifs is 5. The van der Waals surface area contributed by atoms with Gasteiger partial charge in [-0.3, -0.25) is 24.0 Å². The Hall–Kier alpha value is -5.98. The average Bonchev–Trinajstić information content (AvgIpc) is 3.34. The number of aliphatic hydroxyl groups is 2. The first kappa shape index (κ1) is 55.3. The molecule has 2 saturated carbocycles. The van der Waals surface area contributed by atoms with Crippen LogP contribution in [0.3, 0.4) is 0 Å². The van der Waals surface area contributed by atoms with Gasteiger partial charge in [-0.1, -0.05) is 94.4 Å². The minimum Gasteiger partial charge on any atom is -0.455 e. The number of Topliss-reactive ketones (excluding diaryl/α,β-unsaturated/α-hetero) is 1. The van der Waals surface area contributed by atoms with Crippen LogP contribution >= 0.6 is 12.4 Å². The Balaban J connectivity index is 0.00000847. The van der Waals surface area contributed by atoms with E-state index in [1.165, 1.54) is 26.0 Å². The van der Waals surface area contributed by atoms with Crippen molar-refractivity contribution in [3.05, 3.63) is 119 Å². The van der Waals surface area contributed by atoms with Crippen molar-refractivity contribution in [2.75, 3.05) is 26.2 Å². The molecule has 11 atom stereocenters. The SMILES string of the molecule is CCN(CC)CCC(=O)OC(C(=O)O[C@H]1C[C@@]2(O)C(OC(=O)c3ccccc3)C3C4(OC(C)=O)COC4C[C@H](O)[C@@]3(C)C(=O)[C@H](OC(C)=O)C(=C1C)C2(C)C)C(NC(=O)c1ccccc1)c1ccccc1.Cl. The normalized spacial score (nSPS) is 28.9. The van der Waals surface area contributed by atoms with Gasteiger partial charge in [0.15, 0.2) is 17.5 Å². The van der Waals surface area contributed by atoms with Crippen molar-refractivity contribution in [1.29, 1.82) is 0 Å². The second kappa shape index (κ2) is 22.0. The van der Waals surface area contributed by atoms with Gasteiger partial charge in [-0.05, 0) is 67.9 Å². The number of amides is 1. The van der Waals surface area contributed by atoms with Gasteiger partial charge in [0, 0.05) is 44.2 Å². The molecule has 388 valence electrons. The van der Waals surface area contributed by atoms with Crippen LogP contribution in [-0.2, 0) is 52.4 Å². The highest BCUT2D eigenvalue weighted by atomic mass is 35.5. The highest BCUT2D eigenvalue weighted by molar-refractivity contribution is 5.96. The third-order valence-electron chi connectivity index (χ3n) is 15.2. The first-order valence-corrected chi connectivity index (χ1v) is 24.1. The smallest absolute Gasteiger partial charge is 0.350 e. The van der Waals surface area contributed by atoms with Gasteiger partial charge in [0.2, 0.25) is 6.10 Å². The predicted molar refractivity (Wildman–Crippen MR) is 261 cm³/mol. The van der Waals surface area contributed by atoms with E-state index in [9.17, 15) is 34.2 Å². The molecule has 1 amide bonds. The zero-order valence-electron chi connectivity index (χ0n) is 41.8. The van der Waals surface area contributed by atoms with Gasteiger partial charge in [0.25, 0.3) is 5.91 Å². The van der Waals surface area contributed by atoms with E-state index in [0.717, 1.165) is 13.8 Å². The number of nitrogens with zero attached hydrogens (tertiary/aromatic N) is 1. The number of hydrogen-bond acceptors (Lipinski definition) is 16. The zero-order chi connectivity index (χ0) is 51.6. The minimum atomic E-state index is -2.44. The van der Waals surface area contributed by atoms with Crippen molar-refractivity contribution in [1.82, 2.24) is 10.2 Å². The number of esters is 5. The molecule has 1 aliphatic heterocycles. The summed E-state index contributed by atoms with van der Waals surface area (Å²) in [7, 11) is 0. The van der Waals surface area contributed by atoms with E-state index < -0.39 is 119 Å². The number of ether oxygens (including phenoxy) is 6. The molecule has 4 aliphatic rings. The van der Waals surface area contributed by atoms with Crippen LogP contribution in [0.1, 0.15) is 107 Å². The van der Waals surface area contributed by atoms with Gasteiger partial charge in [-0.15, -0.1) is 12.4 Å². The van der Waals surface area contributed by atoms with E-state index in [0.29, 0.717) is 25.2 Å². The molecule has 3 fully saturated rings. The number of ketones is 1. The highest BCUT2D eigenvalue weighted by Crippen LogP contribution is 2.64. The number of rotatable bonds is 16. The lowest BCUT2D eigenvalue weighted by Crippen LogP contribution is -2.82. The van der Waals surface area contributed by atoms with Crippen LogP contribution in [0.5, 0.6) is 0 Å². The first-order chi connectivity index (χ1) is 33.6. The maximum atomic E-state index is 15.7. The van der Waals surface area contributed by atoms with E-state index in [4.69, 9.17) is 28.4 Å². The molecule has 1 heterocycles. The van der Waals surface area contributed by atoms with E-state index >= 15 is 9.59 Å². The van der Waals surface area contributed by atoms with Crippen molar-refractivity contribution in [3.8, 4) is 0 Å². The fourth-order valence-electron chi connectivity index (χ4n) is 11.3. The summed E-state index contributed by atoms with van der Waals surface area (Å²) in [4.78, 5) is 102. The molecule has 0 radical (unpaired) electrons. The fraction of sp³-hybridized carbons (Fsp3) is 0.500. The van der Waals surface area contributed by atoms with Crippen LogP contribution in [0.25, 0.3) is 0 Å². The molecular weight excluding hydrogens is 952 g/mol. The third kappa shape index (κ3) is 10.2. The molecule has 17 nitrogen and oxygen atoms in total. The van der Waals surface area contributed by atoms with E-state index in [1.54, 1.807) is 92.7 Å². The van der Waals surface area contributed by atoms with Gasteiger partial charge < -0.3 is 48.9 Å². The molecule has 0 aromatic heterocycles. The molecule has 1 saturated heterocycles. The van der Waals surface area contributed by atoms with Gasteiger partial charge in [-0.2, -0.15) is 0 Å². The molecule has 3 aliphatic carbocycles. The molecule has 72 heavy (non-hydrogen) atoms. The summed E-state index contributed by atoms with van der Waals surface area (Å²) in [6, 6.07) is 23.1. The van der Waals surface area contributed by atoms with Crippen molar-refractivity contribution in [3.63, 3.8) is 0 Å². The fourth-order valence-corrected chi connectivity index (χ4v) is 11.3. The molecule has 18 heteroatoms. The molecule has 3 aromatic carbocycles. The average molecular weight is 1020 g/mol. The Morgan fingerprint density at radius 1 is 0.833 bits per heavy atom. The van der Waals surface area contributed by atoms with Gasteiger partial charge in [0.1, 0.15) is 30.0 Å². The van der Waals surface area contributed by atoms with Crippen LogP contribution in [0.2, 0.25) is 0 Å². The second-order valence-electron chi connectivity index (χ2n) is 19.6. The maximum Gasteiger partial charge on any atom is 0.350 e. The van der Waals surface area contributed by atoms with Crippen LogP contribution in [0, 0.1) is 16.7 Å². The van der Waals surface area contributed by atoms with Crippen molar-refractivity contribution in [2.24, 2.45) is 16.7 Å². The summed E-state index contributed by atoms with van der Waals surface area (Å²) in [5.41, 5.74) is -7.23. The second-order valence-corrected chi connectivity index (χ2v) is 19.6. The Bertz CT molecular complexity index is 2540. The number of carbonyl (C=O) groups excluding carboxylic acids is 7. The quantitative estimate of drug-likeness (QED) is 0.0922. The number of halogens is 1. The minimum absolute atomic E-state index is 0. The van der Waals surface area contributed by atoms with Crippen LogP contribution < -0.4 is 5.32 Å². The molecule has 2 bridgehead atoms. The van der Waals surface area contributed by atoms with Crippen LogP contribution in [-0.4, -0.2) is 131 Å². The van der Waals surface area contributed by atoms with E-state index in [-0.39, 0.29) is 54.1 Å². The predicted octanol–water partition coefficient (Wildman–Crippen LogP) is 5.44. The molecule has 3 aromatic rings. The van der Waals surface area contributed by atoms with Gasteiger partial charge in [-0.25, -0.2) is 9.59 Å². The number of aliphatic hydroxyl groups excluding tert-OH is 1. The molecule has 7 rings (SSSR count). The Kier molecular flexibility index (Phi) is 16.9. The summed E-state index contributed by atoms with van der Waals surface area (Å²) in [6.45, 7) is 13.4. The highest BCUT2D eigenvalue weighted by Gasteiger charge is 2.78. The van der Waals surface area contributed by atoms with Gasteiger partial charge in [0.05, 0.1) is 36.0 Å². The zero-order valence-corrected chi connectivity index (χ0v) is 42.6. The molecule has 6 unspecified atom stereocenters. The Labute approximate surface area is 425 Å². The first-order valence-electron chi connectivity index (χ1n) is 24.1. The van der Waals surface area contributed by atoms with E-state index in [2.05, 4.69) is 5.32 Å². The molecule has 3 N–H and O–H groups in total. The maximum absolute atomic E-state index is 15.7. The van der Waals surface area contributed by atoms with Crippen molar-refractivity contribution in [2.45, 2.75) is 129 Å². The Morgan fingerprint density at radius 2 is 1.42 bits per heavy atom. The van der Waals surface area contributed by atoms with E-state index in [1.807, 2.05) is 18.7 Å². The summed E-state index contributed by atoms with van der Waals surface area (Å²) < 4.78 is 37.0. The lowest BCUT2D eigenvalue weighted by Gasteiger charge is -2.67. The lowest BCUT2D eigenvalue weighted by molar-refractivity contribution is -0.346. The number of benzene rings is 3. The largest absolute Gasteiger partial charge is 0.455 e. The monoisotopic (exact) mass is 1020 g/mol. The lowest BCUT2D eigenvalue weighted by atomic mass is 9.44. The topological polar surface area (TPSA) is 231 Å². The number of carbonyl (C=O) groups is 7.